The standard InChI is InChI=1S/C24H21NO4S/c1-18-9-6-7-10-20(18)17-29-24-19(11-8-14-23(24)28-2)15-22(16-25)30(26,27)21-12-4-3-5-13-21/h3-15H,17H2,1-2H3. The van der Waals surface area contributed by atoms with Crippen LogP contribution in [0, 0.1) is 18.3 Å². The van der Waals surface area contributed by atoms with Crippen LogP contribution in [0.25, 0.3) is 6.08 Å². The fourth-order valence-corrected chi connectivity index (χ4v) is 4.09. The van der Waals surface area contributed by atoms with Gasteiger partial charge in [-0.15, -0.1) is 0 Å². The summed E-state index contributed by atoms with van der Waals surface area (Å²) in [7, 11) is -2.45. The summed E-state index contributed by atoms with van der Waals surface area (Å²) < 4.78 is 37.2. The van der Waals surface area contributed by atoms with Gasteiger partial charge in [0.05, 0.1) is 12.0 Å². The maximum atomic E-state index is 12.9. The maximum Gasteiger partial charge on any atom is 0.216 e. The predicted octanol–water partition coefficient (Wildman–Crippen LogP) is 4.92. The van der Waals surface area contributed by atoms with E-state index in [9.17, 15) is 13.7 Å². The first-order valence-electron chi connectivity index (χ1n) is 9.23. The highest BCUT2D eigenvalue weighted by Crippen LogP contribution is 2.34. The summed E-state index contributed by atoms with van der Waals surface area (Å²) in [5.41, 5.74) is 2.52. The molecule has 3 aromatic carbocycles. The van der Waals surface area contributed by atoms with Gasteiger partial charge in [0.25, 0.3) is 0 Å². The van der Waals surface area contributed by atoms with Gasteiger partial charge in [0.15, 0.2) is 11.5 Å². The highest BCUT2D eigenvalue weighted by molar-refractivity contribution is 7.95. The molecule has 0 aromatic heterocycles. The Morgan fingerprint density at radius 1 is 1.00 bits per heavy atom. The Labute approximate surface area is 176 Å². The fraction of sp³-hybridized carbons (Fsp3) is 0.125. The minimum absolute atomic E-state index is 0.0584. The number of nitriles is 1. The lowest BCUT2D eigenvalue weighted by Crippen LogP contribution is -2.04. The molecule has 0 saturated carbocycles. The average molecular weight is 420 g/mol. The fourth-order valence-electron chi connectivity index (χ4n) is 2.92. The Morgan fingerprint density at radius 2 is 1.70 bits per heavy atom. The van der Waals surface area contributed by atoms with E-state index in [-0.39, 0.29) is 16.4 Å². The number of benzene rings is 3. The first-order chi connectivity index (χ1) is 14.5. The number of rotatable bonds is 7. The van der Waals surface area contributed by atoms with E-state index in [1.54, 1.807) is 36.4 Å². The number of para-hydroxylation sites is 1. The quantitative estimate of drug-likeness (QED) is 0.508. The lowest BCUT2D eigenvalue weighted by molar-refractivity contribution is 0.283. The predicted molar refractivity (Wildman–Crippen MR) is 116 cm³/mol. The second-order valence-corrected chi connectivity index (χ2v) is 8.45. The Morgan fingerprint density at radius 3 is 2.37 bits per heavy atom. The molecule has 3 aromatic rings. The highest BCUT2D eigenvalue weighted by Gasteiger charge is 2.22. The van der Waals surface area contributed by atoms with E-state index in [0.29, 0.717) is 17.1 Å². The number of ether oxygens (including phenoxy) is 2. The number of hydrogen-bond donors (Lipinski definition) is 0. The van der Waals surface area contributed by atoms with Crippen molar-refractivity contribution in [3.8, 4) is 17.6 Å². The van der Waals surface area contributed by atoms with Crippen LogP contribution in [-0.4, -0.2) is 15.5 Å². The Bertz CT molecular complexity index is 1210. The number of hydrogen-bond acceptors (Lipinski definition) is 5. The van der Waals surface area contributed by atoms with Gasteiger partial charge >= 0.3 is 0 Å². The van der Waals surface area contributed by atoms with Crippen molar-refractivity contribution in [3.63, 3.8) is 0 Å². The molecule has 0 aliphatic rings. The molecule has 0 aliphatic heterocycles. The maximum absolute atomic E-state index is 12.9. The van der Waals surface area contributed by atoms with Crippen molar-refractivity contribution in [2.75, 3.05) is 7.11 Å². The van der Waals surface area contributed by atoms with Crippen molar-refractivity contribution in [2.24, 2.45) is 0 Å². The van der Waals surface area contributed by atoms with Crippen molar-refractivity contribution < 1.29 is 17.9 Å². The second kappa shape index (κ2) is 9.29. The number of nitrogens with zero attached hydrogens (tertiary/aromatic N) is 1. The van der Waals surface area contributed by atoms with Gasteiger partial charge in [0.1, 0.15) is 17.6 Å². The minimum Gasteiger partial charge on any atom is -0.493 e. The van der Waals surface area contributed by atoms with Crippen LogP contribution in [0.4, 0.5) is 0 Å². The van der Waals surface area contributed by atoms with Crippen molar-refractivity contribution >= 4 is 15.9 Å². The van der Waals surface area contributed by atoms with Crippen LogP contribution in [0.15, 0.2) is 82.6 Å². The van der Waals surface area contributed by atoms with Crippen molar-refractivity contribution in [2.45, 2.75) is 18.4 Å². The third-order valence-corrected chi connectivity index (χ3v) is 6.28. The van der Waals surface area contributed by atoms with Crippen molar-refractivity contribution in [1.29, 1.82) is 5.26 Å². The smallest absolute Gasteiger partial charge is 0.216 e. The molecule has 152 valence electrons. The summed E-state index contributed by atoms with van der Waals surface area (Å²) in [5.74, 6) is 0.825. The molecule has 3 rings (SSSR count). The molecule has 0 atom stereocenters. The first-order valence-corrected chi connectivity index (χ1v) is 10.7. The summed E-state index contributed by atoms with van der Waals surface area (Å²) in [6.07, 6.45) is 1.32. The lowest BCUT2D eigenvalue weighted by atomic mass is 10.1. The zero-order valence-electron chi connectivity index (χ0n) is 16.7. The Hall–Kier alpha value is -3.56. The summed E-state index contributed by atoms with van der Waals surface area (Å²) in [4.78, 5) is -0.314. The van der Waals surface area contributed by atoms with Gasteiger partial charge in [-0.3, -0.25) is 0 Å². The summed E-state index contributed by atoms with van der Waals surface area (Å²) in [5, 5.41) is 9.58. The largest absolute Gasteiger partial charge is 0.493 e. The third-order valence-electron chi connectivity index (χ3n) is 4.60. The molecule has 0 radical (unpaired) electrons. The highest BCUT2D eigenvalue weighted by atomic mass is 32.2. The van der Waals surface area contributed by atoms with Crippen molar-refractivity contribution in [1.82, 2.24) is 0 Å². The summed E-state index contributed by atoms with van der Waals surface area (Å²) >= 11 is 0. The molecule has 0 spiro atoms. The van der Waals surface area contributed by atoms with E-state index >= 15 is 0 Å². The van der Waals surface area contributed by atoms with E-state index < -0.39 is 9.84 Å². The Balaban J connectivity index is 2.03. The number of methoxy groups -OCH3 is 1. The molecule has 0 heterocycles. The summed E-state index contributed by atoms with van der Waals surface area (Å²) in [6, 6.07) is 22.6. The van der Waals surface area contributed by atoms with Gasteiger partial charge in [-0.1, -0.05) is 54.6 Å². The van der Waals surface area contributed by atoms with Crippen LogP contribution in [-0.2, 0) is 16.4 Å². The number of allylic oxidation sites excluding steroid dienone is 1. The topological polar surface area (TPSA) is 76.4 Å². The van der Waals surface area contributed by atoms with Gasteiger partial charge < -0.3 is 9.47 Å². The molecule has 0 saturated heterocycles. The van der Waals surface area contributed by atoms with E-state index in [0.717, 1.165) is 11.1 Å². The molecular weight excluding hydrogens is 398 g/mol. The van der Waals surface area contributed by atoms with Crippen molar-refractivity contribution in [3.05, 3.63) is 94.4 Å². The van der Waals surface area contributed by atoms with E-state index in [2.05, 4.69) is 0 Å². The molecule has 0 aliphatic carbocycles. The summed E-state index contributed by atoms with van der Waals surface area (Å²) in [6.45, 7) is 2.27. The zero-order chi connectivity index (χ0) is 21.6. The van der Waals surface area contributed by atoms with Gasteiger partial charge in [-0.2, -0.15) is 5.26 Å². The zero-order valence-corrected chi connectivity index (χ0v) is 17.5. The van der Waals surface area contributed by atoms with Gasteiger partial charge in [0.2, 0.25) is 9.84 Å². The average Bonchev–Trinajstić information content (AvgIpc) is 2.77. The molecule has 0 fully saturated rings. The molecule has 0 amide bonds. The number of sulfone groups is 1. The molecule has 30 heavy (non-hydrogen) atoms. The van der Waals surface area contributed by atoms with Crippen LogP contribution < -0.4 is 9.47 Å². The van der Waals surface area contributed by atoms with Crippen LogP contribution in [0.3, 0.4) is 0 Å². The van der Waals surface area contributed by atoms with Crippen LogP contribution >= 0.6 is 0 Å². The molecular formula is C24H21NO4S. The number of aryl methyl sites for hydroxylation is 1. The molecule has 0 N–H and O–H groups in total. The molecule has 6 heteroatoms. The molecule has 0 bridgehead atoms. The monoisotopic (exact) mass is 419 g/mol. The van der Waals surface area contributed by atoms with E-state index in [4.69, 9.17) is 9.47 Å². The minimum atomic E-state index is -3.96. The SMILES string of the molecule is COc1cccc(C=C(C#N)S(=O)(=O)c2ccccc2)c1OCc1ccccc1C. The van der Waals surface area contributed by atoms with Gasteiger partial charge in [0, 0.05) is 5.56 Å². The Kier molecular flexibility index (Phi) is 6.55. The molecule has 5 nitrogen and oxygen atoms in total. The molecule has 0 unspecified atom stereocenters. The van der Waals surface area contributed by atoms with E-state index in [1.807, 2.05) is 37.3 Å². The normalized spacial score (nSPS) is 11.6. The second-order valence-electron chi connectivity index (χ2n) is 6.53. The van der Waals surface area contributed by atoms with Crippen LogP contribution in [0.5, 0.6) is 11.5 Å². The van der Waals surface area contributed by atoms with Crippen LogP contribution in [0.2, 0.25) is 0 Å². The van der Waals surface area contributed by atoms with Gasteiger partial charge in [-0.25, -0.2) is 8.42 Å². The lowest BCUT2D eigenvalue weighted by Gasteiger charge is -2.15. The van der Waals surface area contributed by atoms with Crippen LogP contribution in [0.1, 0.15) is 16.7 Å². The van der Waals surface area contributed by atoms with E-state index in [1.165, 1.54) is 25.3 Å². The van der Waals surface area contributed by atoms with Gasteiger partial charge in [-0.05, 0) is 42.3 Å². The first kappa shape index (κ1) is 21.2. The third kappa shape index (κ3) is 4.53.